The molecule has 2 aliphatic heterocycles. The zero-order chi connectivity index (χ0) is 15.6. The van der Waals surface area contributed by atoms with Crippen molar-refractivity contribution in [3.8, 4) is 0 Å². The van der Waals surface area contributed by atoms with Crippen molar-refractivity contribution in [2.45, 2.75) is 37.1 Å². The monoisotopic (exact) mass is 326 g/mol. The molecular weight excluding hydrogens is 302 g/mol. The van der Waals surface area contributed by atoms with E-state index in [9.17, 15) is 8.42 Å². The second-order valence-electron chi connectivity index (χ2n) is 5.96. The number of H-pyrrole nitrogens is 1. The van der Waals surface area contributed by atoms with Crippen LogP contribution < -0.4 is 9.88 Å². The number of hydrogen-bond acceptors (Lipinski definition) is 4. The molecule has 0 radical (unpaired) electrons. The Morgan fingerprint density at radius 2 is 1.95 bits per heavy atom. The number of aromatic amines is 1. The lowest BCUT2D eigenvalue weighted by atomic mass is 10.0. The number of anilines is 1. The lowest BCUT2D eigenvalue weighted by molar-refractivity contribution is -0.367. The first-order valence-corrected chi connectivity index (χ1v) is 9.39. The Morgan fingerprint density at radius 1 is 1.18 bits per heavy atom. The van der Waals surface area contributed by atoms with E-state index in [4.69, 9.17) is 4.74 Å². The van der Waals surface area contributed by atoms with Crippen molar-refractivity contribution in [3.05, 3.63) is 18.3 Å². The first kappa shape index (κ1) is 15.7. The fraction of sp³-hybridized carbons (Fsp3) is 0.667. The first-order chi connectivity index (χ1) is 10.6. The van der Waals surface area contributed by atoms with Crippen LogP contribution >= 0.6 is 0 Å². The Morgan fingerprint density at radius 3 is 2.59 bits per heavy atom. The van der Waals surface area contributed by atoms with Gasteiger partial charge in [0.2, 0.25) is 10.0 Å². The minimum absolute atomic E-state index is 0.322. The Kier molecular flexibility index (Phi) is 4.65. The fourth-order valence-corrected chi connectivity index (χ4v) is 4.51. The number of nitrogens with one attached hydrogen (secondary N) is 1. The summed E-state index contributed by atoms with van der Waals surface area (Å²) in [5.41, 5.74) is 0. The van der Waals surface area contributed by atoms with Crippen molar-refractivity contribution < 1.29 is 18.1 Å². The summed E-state index contributed by atoms with van der Waals surface area (Å²) in [4.78, 5) is 5.81. The molecule has 22 heavy (non-hydrogen) atoms. The van der Waals surface area contributed by atoms with Crippen LogP contribution in [-0.4, -0.2) is 51.6 Å². The molecule has 3 rings (SSSR count). The molecule has 0 bridgehead atoms. The van der Waals surface area contributed by atoms with Crippen LogP contribution in [0.4, 0.5) is 5.82 Å². The Bertz CT molecular complexity index is 597. The molecule has 2 aliphatic rings. The van der Waals surface area contributed by atoms with Crippen molar-refractivity contribution >= 4 is 15.8 Å². The molecule has 1 N–H and O–H groups in total. The summed E-state index contributed by atoms with van der Waals surface area (Å²) < 4.78 is 31.9. The van der Waals surface area contributed by atoms with Crippen LogP contribution in [0, 0.1) is 0 Å². The molecule has 1 aromatic rings. The second kappa shape index (κ2) is 6.52. The van der Waals surface area contributed by atoms with Crippen LogP contribution in [0.15, 0.2) is 23.2 Å². The largest absolute Gasteiger partial charge is 0.379 e. The molecule has 1 atom stereocenters. The SMILES string of the molecule is C[C@@H]1CCCCN1c1ccc(S(=O)(=O)N2CCOCC2)c[nH+]1. The number of pyridine rings is 1. The quantitative estimate of drug-likeness (QED) is 0.828. The molecule has 6 nitrogen and oxygen atoms in total. The lowest BCUT2D eigenvalue weighted by Gasteiger charge is -2.28. The van der Waals surface area contributed by atoms with E-state index >= 15 is 0 Å². The predicted octanol–water partition coefficient (Wildman–Crippen LogP) is 0.900. The molecule has 0 unspecified atom stereocenters. The molecule has 0 aliphatic carbocycles. The molecule has 0 saturated carbocycles. The summed E-state index contributed by atoms with van der Waals surface area (Å²) in [5, 5.41) is 0. The van der Waals surface area contributed by atoms with Crippen molar-refractivity contribution in [1.29, 1.82) is 0 Å². The van der Waals surface area contributed by atoms with E-state index in [2.05, 4.69) is 16.8 Å². The highest BCUT2D eigenvalue weighted by Gasteiger charge is 2.29. The minimum Gasteiger partial charge on any atom is -0.379 e. The number of hydrogen-bond donors (Lipinski definition) is 0. The molecule has 3 heterocycles. The van der Waals surface area contributed by atoms with E-state index in [1.165, 1.54) is 23.6 Å². The van der Waals surface area contributed by atoms with Gasteiger partial charge in [0.15, 0.2) is 0 Å². The summed E-state index contributed by atoms with van der Waals surface area (Å²) in [6.45, 7) is 5.01. The molecular formula is C15H24N3O3S+. The van der Waals surface area contributed by atoms with Gasteiger partial charge < -0.3 is 4.74 Å². The van der Waals surface area contributed by atoms with Gasteiger partial charge in [-0.05, 0) is 32.3 Å². The Balaban J connectivity index is 1.78. The van der Waals surface area contributed by atoms with Crippen LogP contribution in [0.1, 0.15) is 26.2 Å². The number of morpholine rings is 1. The normalized spacial score (nSPS) is 24.4. The summed E-state index contributed by atoms with van der Waals surface area (Å²) >= 11 is 0. The molecule has 122 valence electrons. The average molecular weight is 326 g/mol. The van der Waals surface area contributed by atoms with Crippen LogP contribution in [-0.2, 0) is 14.8 Å². The van der Waals surface area contributed by atoms with Crippen molar-refractivity contribution in [1.82, 2.24) is 4.31 Å². The highest BCUT2D eigenvalue weighted by molar-refractivity contribution is 7.89. The Labute approximate surface area is 132 Å². The molecule has 7 heteroatoms. The van der Waals surface area contributed by atoms with E-state index in [0.29, 0.717) is 37.2 Å². The fourth-order valence-electron chi connectivity index (χ4n) is 3.13. The molecule has 1 aromatic heterocycles. The van der Waals surface area contributed by atoms with Gasteiger partial charge in [-0.15, -0.1) is 0 Å². The van der Waals surface area contributed by atoms with E-state index in [-0.39, 0.29) is 0 Å². The van der Waals surface area contributed by atoms with Gasteiger partial charge in [0, 0.05) is 19.2 Å². The molecule has 0 aromatic carbocycles. The topological polar surface area (TPSA) is 64.0 Å². The predicted molar refractivity (Wildman–Crippen MR) is 83.2 cm³/mol. The van der Waals surface area contributed by atoms with E-state index in [1.54, 1.807) is 12.3 Å². The van der Waals surface area contributed by atoms with E-state index in [0.717, 1.165) is 12.4 Å². The van der Waals surface area contributed by atoms with Gasteiger partial charge in [-0.2, -0.15) is 4.31 Å². The van der Waals surface area contributed by atoms with Crippen molar-refractivity contribution in [2.24, 2.45) is 0 Å². The number of piperidine rings is 1. The highest BCUT2D eigenvalue weighted by atomic mass is 32.2. The van der Waals surface area contributed by atoms with E-state index < -0.39 is 10.0 Å². The van der Waals surface area contributed by atoms with Gasteiger partial charge in [0.05, 0.1) is 25.8 Å². The van der Waals surface area contributed by atoms with Gasteiger partial charge in [-0.25, -0.2) is 13.4 Å². The molecule has 0 amide bonds. The van der Waals surface area contributed by atoms with Gasteiger partial charge in [0.25, 0.3) is 5.82 Å². The van der Waals surface area contributed by atoms with Crippen LogP contribution in [0.5, 0.6) is 0 Å². The number of ether oxygens (including phenoxy) is 1. The molecule has 2 fully saturated rings. The number of rotatable bonds is 3. The zero-order valence-corrected chi connectivity index (χ0v) is 13.8. The third-order valence-electron chi connectivity index (χ3n) is 4.49. The van der Waals surface area contributed by atoms with Gasteiger partial charge in [-0.1, -0.05) is 0 Å². The summed E-state index contributed by atoms with van der Waals surface area (Å²) in [6.07, 6.45) is 5.25. The second-order valence-corrected chi connectivity index (χ2v) is 7.90. The standard InChI is InChI=1S/C15H23N3O3S/c1-13-4-2-3-7-18(13)15-6-5-14(12-16-15)22(19,20)17-8-10-21-11-9-17/h5-6,12-13H,2-4,7-11H2,1H3/p+1/t13-/m1/s1. The maximum atomic E-state index is 12.6. The zero-order valence-electron chi connectivity index (χ0n) is 13.0. The van der Waals surface area contributed by atoms with Gasteiger partial charge in [-0.3, -0.25) is 4.90 Å². The van der Waals surface area contributed by atoms with Crippen LogP contribution in [0.25, 0.3) is 0 Å². The summed E-state index contributed by atoms with van der Waals surface area (Å²) in [5.74, 6) is 0.994. The lowest BCUT2D eigenvalue weighted by Crippen LogP contribution is -2.42. The van der Waals surface area contributed by atoms with Crippen LogP contribution in [0.3, 0.4) is 0 Å². The number of aromatic nitrogens is 1. The summed E-state index contributed by atoms with van der Waals surface area (Å²) in [7, 11) is -3.42. The maximum Gasteiger partial charge on any atom is 0.274 e. The smallest absolute Gasteiger partial charge is 0.274 e. The number of nitrogens with zero attached hydrogens (tertiary/aromatic N) is 2. The number of sulfonamides is 1. The van der Waals surface area contributed by atoms with Gasteiger partial charge >= 0.3 is 0 Å². The Hall–Kier alpha value is -1.18. The van der Waals surface area contributed by atoms with E-state index in [1.807, 2.05) is 6.07 Å². The third kappa shape index (κ3) is 3.11. The van der Waals surface area contributed by atoms with Crippen molar-refractivity contribution in [3.63, 3.8) is 0 Å². The first-order valence-electron chi connectivity index (χ1n) is 7.95. The maximum absolute atomic E-state index is 12.6. The molecule has 0 spiro atoms. The summed E-state index contributed by atoms with van der Waals surface area (Å²) in [6, 6.07) is 4.08. The van der Waals surface area contributed by atoms with Crippen molar-refractivity contribution in [2.75, 3.05) is 37.7 Å². The van der Waals surface area contributed by atoms with Gasteiger partial charge in [0.1, 0.15) is 11.1 Å². The third-order valence-corrected chi connectivity index (χ3v) is 6.38. The average Bonchev–Trinajstić information content (AvgIpc) is 2.56. The van der Waals surface area contributed by atoms with Crippen LogP contribution in [0.2, 0.25) is 0 Å². The highest BCUT2D eigenvalue weighted by Crippen LogP contribution is 2.22. The minimum atomic E-state index is -3.42. The molecule has 2 saturated heterocycles.